The highest BCUT2D eigenvalue weighted by Gasteiger charge is 2.38. The van der Waals surface area contributed by atoms with Gasteiger partial charge in [0.1, 0.15) is 5.75 Å². The molecule has 1 nitrogen and oxygen atoms in total. The minimum absolute atomic E-state index is 0.191. The lowest BCUT2D eigenvalue weighted by Crippen LogP contribution is -2.43. The predicted octanol–water partition coefficient (Wildman–Crippen LogP) is 8.23. The lowest BCUT2D eigenvalue weighted by molar-refractivity contribution is 0.492. The Labute approximate surface area is 177 Å². The summed E-state index contributed by atoms with van der Waals surface area (Å²) in [6.07, 6.45) is 0.794. The Kier molecular flexibility index (Phi) is 5.76. The normalized spacial score (nSPS) is 12.4. The van der Waals surface area contributed by atoms with E-state index in [0.717, 1.165) is 38.0 Å². The zero-order valence-corrected chi connectivity index (χ0v) is 19.9. The molecule has 0 fully saturated rings. The van der Waals surface area contributed by atoms with E-state index < -0.39 is 8.32 Å². The molecule has 0 saturated heterocycles. The predicted molar refractivity (Wildman–Crippen MR) is 124 cm³/mol. The Morgan fingerprint density at radius 2 is 1.56 bits per heavy atom. The largest absolute Gasteiger partial charge is 0.544 e. The fourth-order valence-electron chi connectivity index (χ4n) is 2.82. The minimum atomic E-state index is -1.81. The minimum Gasteiger partial charge on any atom is -0.544 e. The molecule has 0 N–H and O–H groups in total. The van der Waals surface area contributed by atoms with Gasteiger partial charge in [0.25, 0.3) is 0 Å². The van der Waals surface area contributed by atoms with E-state index in [1.807, 2.05) is 12.1 Å². The molecule has 0 saturated carbocycles. The zero-order valence-electron chi connectivity index (χ0n) is 16.6. The first kappa shape index (κ1) is 20.4. The standard InChI is InChI=1S/C23H26BrClOSi/c1-23(2,3)27(4,5)26-18-12-10-16(11-13-18)14-17-15-21(24)19-8-6-7-9-20(19)22(17)25/h6-13,15H,14H2,1-5H3. The average Bonchev–Trinajstić information content (AvgIpc) is 2.60. The van der Waals surface area contributed by atoms with Gasteiger partial charge in [0.15, 0.2) is 0 Å². The number of fused-ring (bicyclic) bond motifs is 1. The third-order valence-electron chi connectivity index (χ3n) is 5.50. The summed E-state index contributed by atoms with van der Waals surface area (Å²) >= 11 is 10.4. The Morgan fingerprint density at radius 3 is 2.15 bits per heavy atom. The molecule has 4 heteroatoms. The fourth-order valence-corrected chi connectivity index (χ4v) is 4.76. The summed E-state index contributed by atoms with van der Waals surface area (Å²) in [6.45, 7) is 11.3. The van der Waals surface area contributed by atoms with Gasteiger partial charge in [-0.15, -0.1) is 0 Å². The van der Waals surface area contributed by atoms with Gasteiger partial charge in [0.2, 0.25) is 8.32 Å². The SMILES string of the molecule is CC(C)(C)[Si](C)(C)Oc1ccc(Cc2cc(Br)c3ccccc3c2Cl)cc1. The van der Waals surface area contributed by atoms with Crippen molar-refractivity contribution in [2.75, 3.05) is 0 Å². The number of hydrogen-bond donors (Lipinski definition) is 0. The molecule has 3 rings (SSSR count). The van der Waals surface area contributed by atoms with Gasteiger partial charge in [-0.3, -0.25) is 0 Å². The molecule has 0 atom stereocenters. The van der Waals surface area contributed by atoms with E-state index in [9.17, 15) is 0 Å². The maximum absolute atomic E-state index is 6.69. The van der Waals surface area contributed by atoms with Crippen molar-refractivity contribution in [2.45, 2.75) is 45.3 Å². The molecule has 0 radical (unpaired) electrons. The molecular formula is C23H26BrClOSi. The van der Waals surface area contributed by atoms with E-state index in [4.69, 9.17) is 16.0 Å². The van der Waals surface area contributed by atoms with Crippen molar-refractivity contribution >= 4 is 46.6 Å². The van der Waals surface area contributed by atoms with Gasteiger partial charge in [0, 0.05) is 9.86 Å². The van der Waals surface area contributed by atoms with Crippen LogP contribution in [0, 0.1) is 0 Å². The van der Waals surface area contributed by atoms with Crippen LogP contribution in [0.1, 0.15) is 31.9 Å². The molecular weight excluding hydrogens is 436 g/mol. The van der Waals surface area contributed by atoms with Crippen LogP contribution in [0.2, 0.25) is 23.2 Å². The Bertz CT molecular complexity index is 959. The second kappa shape index (κ2) is 7.61. The van der Waals surface area contributed by atoms with Gasteiger partial charge < -0.3 is 4.43 Å². The second-order valence-corrected chi connectivity index (χ2v) is 14.5. The molecule has 0 unspecified atom stereocenters. The van der Waals surface area contributed by atoms with E-state index in [2.05, 4.69) is 92.3 Å². The Hall–Kier alpha value is -1.29. The monoisotopic (exact) mass is 460 g/mol. The van der Waals surface area contributed by atoms with E-state index in [-0.39, 0.29) is 5.04 Å². The molecule has 0 amide bonds. The van der Waals surface area contributed by atoms with Gasteiger partial charge in [0.05, 0.1) is 5.02 Å². The Balaban J connectivity index is 1.83. The smallest absolute Gasteiger partial charge is 0.250 e. The number of benzene rings is 3. The van der Waals surface area contributed by atoms with Crippen molar-refractivity contribution in [3.05, 3.63) is 75.2 Å². The van der Waals surface area contributed by atoms with Crippen molar-refractivity contribution in [3.63, 3.8) is 0 Å². The van der Waals surface area contributed by atoms with Gasteiger partial charge in [-0.25, -0.2) is 0 Å². The van der Waals surface area contributed by atoms with E-state index >= 15 is 0 Å². The molecule has 142 valence electrons. The van der Waals surface area contributed by atoms with Gasteiger partial charge in [-0.2, -0.15) is 0 Å². The van der Waals surface area contributed by atoms with E-state index in [1.54, 1.807) is 0 Å². The summed E-state index contributed by atoms with van der Waals surface area (Å²) in [5, 5.41) is 3.25. The van der Waals surface area contributed by atoms with Crippen LogP contribution in [-0.4, -0.2) is 8.32 Å². The molecule has 0 aliphatic rings. The summed E-state index contributed by atoms with van der Waals surface area (Å²) < 4.78 is 7.46. The highest BCUT2D eigenvalue weighted by molar-refractivity contribution is 9.10. The van der Waals surface area contributed by atoms with Crippen molar-refractivity contribution in [2.24, 2.45) is 0 Å². The average molecular weight is 462 g/mol. The van der Waals surface area contributed by atoms with Crippen LogP contribution in [0.3, 0.4) is 0 Å². The van der Waals surface area contributed by atoms with Crippen LogP contribution in [0.15, 0.2) is 59.1 Å². The first-order chi connectivity index (χ1) is 12.6. The summed E-state index contributed by atoms with van der Waals surface area (Å²) in [5.41, 5.74) is 2.35. The van der Waals surface area contributed by atoms with Crippen LogP contribution < -0.4 is 4.43 Å². The number of hydrogen-bond acceptors (Lipinski definition) is 1. The zero-order chi connectivity index (χ0) is 19.8. The summed E-state index contributed by atoms with van der Waals surface area (Å²) in [6, 6.07) is 18.8. The van der Waals surface area contributed by atoms with E-state index in [0.29, 0.717) is 0 Å². The lowest BCUT2D eigenvalue weighted by atomic mass is 10.0. The summed E-state index contributed by atoms with van der Waals surface area (Å²) in [7, 11) is -1.81. The first-order valence-electron chi connectivity index (χ1n) is 9.22. The molecule has 0 aliphatic carbocycles. The van der Waals surface area contributed by atoms with Crippen LogP contribution in [0.5, 0.6) is 5.75 Å². The van der Waals surface area contributed by atoms with Crippen molar-refractivity contribution in [3.8, 4) is 5.75 Å². The number of rotatable bonds is 4. The fraction of sp³-hybridized carbons (Fsp3) is 0.304. The first-order valence-corrected chi connectivity index (χ1v) is 13.3. The van der Waals surface area contributed by atoms with Crippen LogP contribution in [0.4, 0.5) is 0 Å². The highest BCUT2D eigenvalue weighted by Crippen LogP contribution is 2.38. The second-order valence-electron chi connectivity index (χ2n) is 8.56. The van der Waals surface area contributed by atoms with Gasteiger partial charge in [-0.1, -0.05) is 84.7 Å². The maximum Gasteiger partial charge on any atom is 0.250 e. The van der Waals surface area contributed by atoms with Crippen LogP contribution in [0.25, 0.3) is 10.8 Å². The summed E-state index contributed by atoms with van der Waals surface area (Å²) in [5.74, 6) is 0.955. The molecule has 0 heterocycles. The van der Waals surface area contributed by atoms with E-state index in [1.165, 1.54) is 5.56 Å². The van der Waals surface area contributed by atoms with Crippen molar-refractivity contribution in [1.82, 2.24) is 0 Å². The highest BCUT2D eigenvalue weighted by atomic mass is 79.9. The van der Waals surface area contributed by atoms with Crippen LogP contribution in [-0.2, 0) is 6.42 Å². The molecule has 3 aromatic rings. The summed E-state index contributed by atoms with van der Waals surface area (Å²) in [4.78, 5) is 0. The van der Waals surface area contributed by atoms with Gasteiger partial charge >= 0.3 is 0 Å². The quantitative estimate of drug-likeness (QED) is 0.355. The molecule has 0 bridgehead atoms. The number of halogens is 2. The Morgan fingerprint density at radius 1 is 0.963 bits per heavy atom. The topological polar surface area (TPSA) is 9.23 Å². The molecule has 27 heavy (non-hydrogen) atoms. The van der Waals surface area contributed by atoms with Gasteiger partial charge in [-0.05, 0) is 59.3 Å². The molecule has 0 aliphatic heterocycles. The molecule has 0 spiro atoms. The maximum atomic E-state index is 6.69. The van der Waals surface area contributed by atoms with Crippen molar-refractivity contribution < 1.29 is 4.43 Å². The third-order valence-corrected chi connectivity index (χ3v) is 11.0. The van der Waals surface area contributed by atoms with Crippen molar-refractivity contribution in [1.29, 1.82) is 0 Å². The molecule has 0 aromatic heterocycles. The lowest BCUT2D eigenvalue weighted by Gasteiger charge is -2.36. The van der Waals surface area contributed by atoms with Crippen LogP contribution >= 0.6 is 27.5 Å². The third kappa shape index (κ3) is 4.42. The molecule has 3 aromatic carbocycles.